The van der Waals surface area contributed by atoms with Crippen molar-refractivity contribution in [3.8, 4) is 17.0 Å². The van der Waals surface area contributed by atoms with Crippen molar-refractivity contribution < 1.29 is 38.9 Å². The maximum atomic E-state index is 13.3. The van der Waals surface area contributed by atoms with Crippen LogP contribution in [-0.2, 0) is 16.3 Å². The first kappa shape index (κ1) is 21.0. The highest BCUT2D eigenvalue weighted by Crippen LogP contribution is 2.43. The molecule has 4 nitrogen and oxygen atoms in total. The summed E-state index contributed by atoms with van der Waals surface area (Å²) in [4.78, 5) is 3.62. The van der Waals surface area contributed by atoms with Crippen molar-refractivity contribution in [2.45, 2.75) is 32.5 Å². The van der Waals surface area contributed by atoms with Gasteiger partial charge >= 0.3 is 21.8 Å². The fraction of sp³-hybridized carbons (Fsp3) is 0.312. The number of halogens is 6. The van der Waals surface area contributed by atoms with Gasteiger partial charge < -0.3 is 4.18 Å². The summed E-state index contributed by atoms with van der Waals surface area (Å²) in [6.07, 6.45) is -3.85. The molecule has 0 amide bonds. The van der Waals surface area contributed by atoms with Crippen LogP contribution >= 0.6 is 0 Å². The summed E-state index contributed by atoms with van der Waals surface area (Å²) in [5.74, 6) is -0.878. The summed E-state index contributed by atoms with van der Waals surface area (Å²) in [6, 6.07) is 2.64. The van der Waals surface area contributed by atoms with Gasteiger partial charge in [-0.2, -0.15) is 34.8 Å². The van der Waals surface area contributed by atoms with Gasteiger partial charge in [-0.3, -0.25) is 4.98 Å². The van der Waals surface area contributed by atoms with Crippen molar-refractivity contribution in [1.82, 2.24) is 4.98 Å². The minimum atomic E-state index is -6.09. The first-order valence-corrected chi connectivity index (χ1v) is 8.71. The number of hydrogen-bond donors (Lipinski definition) is 0. The fourth-order valence-electron chi connectivity index (χ4n) is 2.40. The van der Waals surface area contributed by atoms with Crippen molar-refractivity contribution in [2.75, 3.05) is 0 Å². The average molecular weight is 413 g/mol. The van der Waals surface area contributed by atoms with Crippen molar-refractivity contribution in [2.24, 2.45) is 0 Å². The summed E-state index contributed by atoms with van der Waals surface area (Å²) in [7, 11) is -6.09. The molecular weight excluding hydrogens is 400 g/mol. The summed E-state index contributed by atoms with van der Waals surface area (Å²) >= 11 is 0. The molecule has 0 unspecified atom stereocenters. The van der Waals surface area contributed by atoms with Crippen molar-refractivity contribution >= 4 is 10.1 Å². The molecule has 0 aliphatic carbocycles. The van der Waals surface area contributed by atoms with E-state index in [1.807, 2.05) is 0 Å². The van der Waals surface area contributed by atoms with Crippen LogP contribution in [0.15, 0.2) is 24.4 Å². The molecule has 0 radical (unpaired) electrons. The normalized spacial score (nSPS) is 12.9. The van der Waals surface area contributed by atoms with Crippen molar-refractivity contribution in [3.63, 3.8) is 0 Å². The van der Waals surface area contributed by atoms with Gasteiger partial charge in [-0.25, -0.2) is 0 Å². The van der Waals surface area contributed by atoms with Crippen LogP contribution in [0.5, 0.6) is 5.75 Å². The van der Waals surface area contributed by atoms with E-state index in [9.17, 15) is 34.8 Å². The van der Waals surface area contributed by atoms with Gasteiger partial charge in [-0.1, -0.05) is 0 Å². The number of benzene rings is 1. The maximum Gasteiger partial charge on any atom is 0.534 e. The molecule has 0 spiro atoms. The molecule has 1 heterocycles. The Labute approximate surface area is 150 Å². The van der Waals surface area contributed by atoms with E-state index in [4.69, 9.17) is 0 Å². The van der Waals surface area contributed by atoms with E-state index in [0.29, 0.717) is 17.2 Å². The van der Waals surface area contributed by atoms with Crippen LogP contribution in [0.25, 0.3) is 11.3 Å². The van der Waals surface area contributed by atoms with E-state index < -0.39 is 44.4 Å². The summed E-state index contributed by atoms with van der Waals surface area (Å²) in [5, 5.41) is 0. The molecule has 1 aromatic carbocycles. The number of alkyl halides is 6. The highest BCUT2D eigenvalue weighted by molar-refractivity contribution is 7.88. The second-order valence-electron chi connectivity index (χ2n) is 5.70. The predicted molar refractivity (Wildman–Crippen MR) is 84.5 cm³/mol. The highest BCUT2D eigenvalue weighted by atomic mass is 32.2. The minimum absolute atomic E-state index is 0.117. The molecule has 148 valence electrons. The Bertz CT molecular complexity index is 981. The topological polar surface area (TPSA) is 56.3 Å². The Kier molecular flexibility index (Phi) is 5.21. The van der Waals surface area contributed by atoms with Gasteiger partial charge in [0.25, 0.3) is 0 Å². The van der Waals surface area contributed by atoms with E-state index in [0.717, 1.165) is 18.3 Å². The molecule has 2 rings (SSSR count). The monoisotopic (exact) mass is 413 g/mol. The summed E-state index contributed by atoms with van der Waals surface area (Å²) < 4.78 is 105. The molecular formula is C16H13F6NO3S. The van der Waals surface area contributed by atoms with E-state index >= 15 is 0 Å². The lowest BCUT2D eigenvalue weighted by Crippen LogP contribution is -2.28. The first-order chi connectivity index (χ1) is 12.2. The molecule has 2 aromatic rings. The minimum Gasteiger partial charge on any atom is -0.375 e. The van der Waals surface area contributed by atoms with Crippen LogP contribution in [0.1, 0.15) is 22.3 Å². The van der Waals surface area contributed by atoms with Crippen LogP contribution in [0.3, 0.4) is 0 Å². The quantitative estimate of drug-likeness (QED) is 0.407. The number of rotatable bonds is 3. The molecule has 0 atom stereocenters. The summed E-state index contributed by atoms with van der Waals surface area (Å²) in [5.41, 5.74) is -7.25. The van der Waals surface area contributed by atoms with Crippen LogP contribution in [-0.4, -0.2) is 18.9 Å². The Morgan fingerprint density at radius 3 is 2.11 bits per heavy atom. The van der Waals surface area contributed by atoms with Gasteiger partial charge in [0.15, 0.2) is 5.75 Å². The molecule has 0 fully saturated rings. The summed E-state index contributed by atoms with van der Waals surface area (Å²) in [6.45, 7) is 4.34. The lowest BCUT2D eigenvalue weighted by Gasteiger charge is -2.20. The average Bonchev–Trinajstić information content (AvgIpc) is 2.51. The Hall–Kier alpha value is -2.30. The lowest BCUT2D eigenvalue weighted by molar-refractivity contribution is -0.137. The predicted octanol–water partition coefficient (Wildman–Crippen LogP) is 4.92. The van der Waals surface area contributed by atoms with Gasteiger partial charge in [-0.05, 0) is 55.7 Å². The molecule has 0 N–H and O–H groups in total. The highest BCUT2D eigenvalue weighted by Gasteiger charge is 2.49. The van der Waals surface area contributed by atoms with E-state index in [1.54, 1.807) is 0 Å². The number of aromatic nitrogens is 1. The van der Waals surface area contributed by atoms with Crippen LogP contribution < -0.4 is 4.18 Å². The zero-order valence-electron chi connectivity index (χ0n) is 14.2. The number of hydrogen-bond acceptors (Lipinski definition) is 4. The molecule has 11 heteroatoms. The van der Waals surface area contributed by atoms with E-state index in [-0.39, 0.29) is 5.56 Å². The third kappa shape index (κ3) is 4.02. The number of aryl methyl sites for hydroxylation is 1. The molecule has 27 heavy (non-hydrogen) atoms. The molecule has 0 saturated heterocycles. The van der Waals surface area contributed by atoms with Gasteiger partial charge in [0, 0.05) is 11.8 Å². The zero-order valence-corrected chi connectivity index (χ0v) is 15.0. The lowest BCUT2D eigenvalue weighted by atomic mass is 9.93. The number of nitrogens with zero attached hydrogens (tertiary/aromatic N) is 1. The maximum absolute atomic E-state index is 13.3. The van der Waals surface area contributed by atoms with Gasteiger partial charge in [0.1, 0.15) is 0 Å². The van der Waals surface area contributed by atoms with Gasteiger partial charge in [-0.15, -0.1) is 0 Å². The smallest absolute Gasteiger partial charge is 0.375 e. The SMILES string of the molecule is Cc1cc(OS(=O)(=O)C(F)(F)F)c(-c2ncccc2C(F)(F)F)c(C)c1C. The third-order valence-electron chi connectivity index (χ3n) is 3.96. The molecule has 1 aromatic heterocycles. The fourth-order valence-corrected chi connectivity index (χ4v) is 2.87. The van der Waals surface area contributed by atoms with E-state index in [1.165, 1.54) is 20.8 Å². The van der Waals surface area contributed by atoms with Crippen LogP contribution in [0.2, 0.25) is 0 Å². The van der Waals surface area contributed by atoms with E-state index in [2.05, 4.69) is 9.17 Å². The van der Waals surface area contributed by atoms with Crippen molar-refractivity contribution in [3.05, 3.63) is 46.6 Å². The molecule has 0 aliphatic rings. The molecule has 0 aliphatic heterocycles. The third-order valence-corrected chi connectivity index (χ3v) is 4.92. The first-order valence-electron chi connectivity index (χ1n) is 7.31. The second kappa shape index (κ2) is 6.70. The Morgan fingerprint density at radius 2 is 1.59 bits per heavy atom. The Morgan fingerprint density at radius 1 is 1.00 bits per heavy atom. The molecule has 0 saturated carbocycles. The van der Waals surface area contributed by atoms with Gasteiger partial charge in [0.2, 0.25) is 0 Å². The van der Waals surface area contributed by atoms with Crippen molar-refractivity contribution in [1.29, 1.82) is 0 Å². The molecule has 0 bridgehead atoms. The largest absolute Gasteiger partial charge is 0.534 e. The Balaban J connectivity index is 2.85. The van der Waals surface area contributed by atoms with Gasteiger partial charge in [0.05, 0.1) is 11.3 Å². The standard InChI is InChI=1S/C16H13F6NO3S/c1-8-7-12(26-27(24,25)16(20,21)22)13(10(3)9(8)2)14-11(15(17,18)19)5-4-6-23-14/h4-7H,1-3H3. The second-order valence-corrected chi connectivity index (χ2v) is 7.23. The number of pyridine rings is 1. The zero-order chi connectivity index (χ0) is 20.8. The van der Waals surface area contributed by atoms with Crippen LogP contribution in [0.4, 0.5) is 26.3 Å². The van der Waals surface area contributed by atoms with Crippen LogP contribution in [0, 0.1) is 20.8 Å².